The first-order chi connectivity index (χ1) is 8.43. The third kappa shape index (κ3) is 4.15. The molecule has 1 amide bonds. The van der Waals surface area contributed by atoms with Gasteiger partial charge in [-0.1, -0.05) is 13.0 Å². The molecule has 1 aromatic rings. The Bertz CT molecular complexity index is 395. The maximum absolute atomic E-state index is 12.1. The monoisotopic (exact) mass is 248 g/mol. The van der Waals surface area contributed by atoms with Crippen LogP contribution in [0.3, 0.4) is 0 Å². The van der Waals surface area contributed by atoms with Gasteiger partial charge in [0.2, 0.25) is 5.91 Å². The van der Waals surface area contributed by atoms with Crippen LogP contribution in [-0.2, 0) is 4.79 Å². The van der Waals surface area contributed by atoms with Gasteiger partial charge in [-0.2, -0.15) is 0 Å². The molecule has 1 unspecified atom stereocenters. The number of benzene rings is 1. The molecule has 3 nitrogen and oxygen atoms in total. The van der Waals surface area contributed by atoms with Gasteiger partial charge in [-0.25, -0.2) is 0 Å². The summed E-state index contributed by atoms with van der Waals surface area (Å²) >= 11 is 0. The number of aryl methyl sites for hydroxylation is 2. The zero-order chi connectivity index (χ0) is 13.7. The average molecular weight is 248 g/mol. The molecule has 0 spiro atoms. The molecule has 0 saturated carbocycles. The quantitative estimate of drug-likeness (QED) is 0.869. The third-order valence-corrected chi connectivity index (χ3v) is 3.00. The molecule has 1 atom stereocenters. The predicted octanol–water partition coefficient (Wildman–Crippen LogP) is 2.65. The van der Waals surface area contributed by atoms with Crippen LogP contribution in [0.15, 0.2) is 18.2 Å². The minimum Gasteiger partial charge on any atom is -0.315 e. The smallest absolute Gasteiger partial charge is 0.228 e. The van der Waals surface area contributed by atoms with E-state index in [1.165, 1.54) is 11.1 Å². The van der Waals surface area contributed by atoms with Crippen molar-refractivity contribution >= 4 is 11.6 Å². The molecule has 1 rings (SSSR count). The summed E-state index contributed by atoms with van der Waals surface area (Å²) in [6, 6.07) is 6.42. The average Bonchev–Trinajstić information content (AvgIpc) is 2.26. The molecule has 1 aromatic carbocycles. The van der Waals surface area contributed by atoms with Crippen LogP contribution in [0.2, 0.25) is 0 Å². The van der Waals surface area contributed by atoms with E-state index in [0.29, 0.717) is 6.42 Å². The summed E-state index contributed by atoms with van der Waals surface area (Å²) in [5.41, 5.74) is 3.34. The van der Waals surface area contributed by atoms with Crippen molar-refractivity contribution in [2.24, 2.45) is 0 Å². The van der Waals surface area contributed by atoms with Crippen molar-refractivity contribution in [2.45, 2.75) is 40.2 Å². The number of rotatable bonds is 5. The van der Waals surface area contributed by atoms with E-state index < -0.39 is 0 Å². The lowest BCUT2D eigenvalue weighted by atomic mass is 10.1. The number of hydrogen-bond donors (Lipinski definition) is 1. The van der Waals surface area contributed by atoms with E-state index in [1.54, 1.807) is 4.90 Å². The molecule has 0 heterocycles. The van der Waals surface area contributed by atoms with E-state index in [0.717, 1.165) is 12.2 Å². The molecule has 0 saturated heterocycles. The van der Waals surface area contributed by atoms with Crippen molar-refractivity contribution in [3.63, 3.8) is 0 Å². The standard InChI is InChI=1S/C15H24N2O/c1-6-16-13(4)10-15(18)17(5)14-8-11(2)7-12(3)9-14/h7-9,13,16H,6,10H2,1-5H3. The van der Waals surface area contributed by atoms with Gasteiger partial charge in [0.05, 0.1) is 0 Å². The van der Waals surface area contributed by atoms with Crippen LogP contribution in [0.1, 0.15) is 31.4 Å². The summed E-state index contributed by atoms with van der Waals surface area (Å²) < 4.78 is 0. The van der Waals surface area contributed by atoms with E-state index >= 15 is 0 Å². The number of carbonyl (C=O) groups is 1. The van der Waals surface area contributed by atoms with E-state index in [-0.39, 0.29) is 11.9 Å². The number of anilines is 1. The minimum atomic E-state index is 0.147. The van der Waals surface area contributed by atoms with Gasteiger partial charge in [0.1, 0.15) is 0 Å². The lowest BCUT2D eigenvalue weighted by molar-refractivity contribution is -0.118. The van der Waals surface area contributed by atoms with Crippen LogP contribution in [0.4, 0.5) is 5.69 Å². The number of amides is 1. The normalized spacial score (nSPS) is 12.3. The molecule has 100 valence electrons. The molecule has 0 aliphatic rings. The topological polar surface area (TPSA) is 32.3 Å². The molecule has 0 aromatic heterocycles. The number of carbonyl (C=O) groups excluding carboxylic acids is 1. The first-order valence-corrected chi connectivity index (χ1v) is 6.52. The van der Waals surface area contributed by atoms with Gasteiger partial charge in [0.15, 0.2) is 0 Å². The van der Waals surface area contributed by atoms with Gasteiger partial charge >= 0.3 is 0 Å². The first kappa shape index (κ1) is 14.7. The Hall–Kier alpha value is -1.35. The SMILES string of the molecule is CCNC(C)CC(=O)N(C)c1cc(C)cc(C)c1. The number of nitrogens with zero attached hydrogens (tertiary/aromatic N) is 1. The van der Waals surface area contributed by atoms with Crippen LogP contribution >= 0.6 is 0 Å². The van der Waals surface area contributed by atoms with Crippen molar-refractivity contribution in [2.75, 3.05) is 18.5 Å². The molecule has 0 fully saturated rings. The Balaban J connectivity index is 2.73. The summed E-state index contributed by atoms with van der Waals surface area (Å²) in [6.07, 6.45) is 0.525. The van der Waals surface area contributed by atoms with Gasteiger partial charge in [0.25, 0.3) is 0 Å². The zero-order valence-electron chi connectivity index (χ0n) is 12.1. The van der Waals surface area contributed by atoms with Crippen molar-refractivity contribution in [3.05, 3.63) is 29.3 Å². The predicted molar refractivity (Wildman–Crippen MR) is 77.1 cm³/mol. The zero-order valence-corrected chi connectivity index (χ0v) is 12.1. The molecule has 0 radical (unpaired) electrons. The van der Waals surface area contributed by atoms with Crippen LogP contribution in [0, 0.1) is 13.8 Å². The maximum Gasteiger partial charge on any atom is 0.228 e. The van der Waals surface area contributed by atoms with Gasteiger partial charge in [-0.3, -0.25) is 4.79 Å². The molecular formula is C15H24N2O. The van der Waals surface area contributed by atoms with Crippen LogP contribution in [0.5, 0.6) is 0 Å². The van der Waals surface area contributed by atoms with Gasteiger partial charge in [-0.05, 0) is 50.6 Å². The van der Waals surface area contributed by atoms with Crippen LogP contribution in [0.25, 0.3) is 0 Å². The second kappa shape index (κ2) is 6.55. The van der Waals surface area contributed by atoms with Gasteiger partial charge in [-0.15, -0.1) is 0 Å². The fourth-order valence-corrected chi connectivity index (χ4v) is 2.11. The fraction of sp³-hybridized carbons (Fsp3) is 0.533. The van der Waals surface area contributed by atoms with Gasteiger partial charge in [0, 0.05) is 25.2 Å². The summed E-state index contributed by atoms with van der Waals surface area (Å²) in [4.78, 5) is 13.9. The second-order valence-electron chi connectivity index (χ2n) is 4.96. The minimum absolute atomic E-state index is 0.147. The van der Waals surface area contributed by atoms with Crippen LogP contribution in [-0.4, -0.2) is 25.5 Å². The largest absolute Gasteiger partial charge is 0.315 e. The van der Waals surface area contributed by atoms with E-state index in [4.69, 9.17) is 0 Å². The number of hydrogen-bond acceptors (Lipinski definition) is 2. The maximum atomic E-state index is 12.1. The summed E-state index contributed by atoms with van der Waals surface area (Å²) in [7, 11) is 1.84. The number of nitrogens with one attached hydrogen (secondary N) is 1. The Morgan fingerprint density at radius 1 is 1.28 bits per heavy atom. The highest BCUT2D eigenvalue weighted by Gasteiger charge is 2.14. The fourth-order valence-electron chi connectivity index (χ4n) is 2.11. The first-order valence-electron chi connectivity index (χ1n) is 6.52. The molecule has 18 heavy (non-hydrogen) atoms. The highest BCUT2D eigenvalue weighted by Crippen LogP contribution is 2.18. The van der Waals surface area contributed by atoms with Crippen LogP contribution < -0.4 is 10.2 Å². The Morgan fingerprint density at radius 3 is 2.33 bits per heavy atom. The summed E-state index contributed by atoms with van der Waals surface area (Å²) in [6.45, 7) is 9.08. The molecule has 1 N–H and O–H groups in total. The Morgan fingerprint density at radius 2 is 1.83 bits per heavy atom. The van der Waals surface area contributed by atoms with E-state index in [9.17, 15) is 4.79 Å². The van der Waals surface area contributed by atoms with Crippen molar-refractivity contribution in [3.8, 4) is 0 Å². The Kier molecular flexibility index (Phi) is 5.35. The second-order valence-corrected chi connectivity index (χ2v) is 4.96. The molecule has 0 bridgehead atoms. The third-order valence-electron chi connectivity index (χ3n) is 3.00. The lowest BCUT2D eigenvalue weighted by Gasteiger charge is -2.21. The highest BCUT2D eigenvalue weighted by atomic mass is 16.2. The van der Waals surface area contributed by atoms with Crippen molar-refractivity contribution in [1.29, 1.82) is 0 Å². The summed E-state index contributed by atoms with van der Waals surface area (Å²) in [5.74, 6) is 0.147. The van der Waals surface area contributed by atoms with Crippen molar-refractivity contribution in [1.82, 2.24) is 5.32 Å². The van der Waals surface area contributed by atoms with E-state index in [1.807, 2.05) is 26.1 Å². The lowest BCUT2D eigenvalue weighted by Crippen LogP contribution is -2.34. The molecule has 0 aliphatic heterocycles. The van der Waals surface area contributed by atoms with Gasteiger partial charge < -0.3 is 10.2 Å². The molecule has 0 aliphatic carbocycles. The molecule has 3 heteroatoms. The van der Waals surface area contributed by atoms with Crippen molar-refractivity contribution < 1.29 is 4.79 Å². The Labute approximate surface area is 110 Å². The molecular weight excluding hydrogens is 224 g/mol. The van der Waals surface area contributed by atoms with E-state index in [2.05, 4.69) is 32.2 Å². The summed E-state index contributed by atoms with van der Waals surface area (Å²) in [5, 5.41) is 3.26. The highest BCUT2D eigenvalue weighted by molar-refractivity contribution is 5.93.